The summed E-state index contributed by atoms with van der Waals surface area (Å²) in [6.45, 7) is 9.94. The van der Waals surface area contributed by atoms with Crippen molar-refractivity contribution < 1.29 is 49.0 Å². The van der Waals surface area contributed by atoms with Crippen LogP contribution >= 0.6 is 0 Å². The zero-order chi connectivity index (χ0) is 36.4. The molecule has 11 heteroatoms. The molecule has 11 atom stereocenters. The largest absolute Gasteiger partial charge is 0.455 e. The Bertz CT molecular complexity index is 1660. The van der Waals surface area contributed by atoms with E-state index in [-0.39, 0.29) is 43.1 Å². The van der Waals surface area contributed by atoms with E-state index in [1.165, 1.54) is 6.92 Å². The van der Waals surface area contributed by atoms with Gasteiger partial charge in [0.2, 0.25) is 5.91 Å². The first-order valence-electron chi connectivity index (χ1n) is 17.3. The first-order chi connectivity index (χ1) is 23.5. The average Bonchev–Trinajstić information content (AvgIpc) is 3.08. The van der Waals surface area contributed by atoms with Crippen molar-refractivity contribution in [3.05, 3.63) is 82.9 Å². The van der Waals surface area contributed by atoms with Gasteiger partial charge in [-0.25, -0.2) is 4.79 Å². The van der Waals surface area contributed by atoms with Crippen LogP contribution in [0.15, 0.2) is 71.8 Å². The summed E-state index contributed by atoms with van der Waals surface area (Å²) >= 11 is 0. The Hall–Kier alpha value is -3.45. The summed E-state index contributed by atoms with van der Waals surface area (Å²) in [6, 6.07) is 16.5. The smallest absolute Gasteiger partial charge is 0.338 e. The summed E-state index contributed by atoms with van der Waals surface area (Å²) in [4.78, 5) is 40.8. The van der Waals surface area contributed by atoms with Gasteiger partial charge in [-0.15, -0.1) is 0 Å². The Kier molecular flexibility index (Phi) is 9.41. The van der Waals surface area contributed by atoms with Crippen LogP contribution in [0.5, 0.6) is 0 Å². The molecule has 50 heavy (non-hydrogen) atoms. The molecule has 2 aromatic rings. The van der Waals surface area contributed by atoms with Crippen LogP contribution in [0.2, 0.25) is 0 Å². The Balaban J connectivity index is 1.46. The average molecular weight is 692 g/mol. The van der Waals surface area contributed by atoms with Crippen molar-refractivity contribution in [2.75, 3.05) is 13.2 Å². The van der Waals surface area contributed by atoms with E-state index in [1.54, 1.807) is 82.3 Å². The molecule has 270 valence electrons. The minimum absolute atomic E-state index is 0.129. The van der Waals surface area contributed by atoms with E-state index in [1.807, 2.05) is 13.0 Å². The van der Waals surface area contributed by atoms with Gasteiger partial charge in [0.05, 0.1) is 48.5 Å². The normalized spacial score (nSPS) is 37.2. The fourth-order valence-electron chi connectivity index (χ4n) is 9.43. The molecule has 11 nitrogen and oxygen atoms in total. The summed E-state index contributed by atoms with van der Waals surface area (Å²) in [5.41, 5.74) is -4.12. The lowest BCUT2D eigenvalue weighted by atomic mass is 9.42. The van der Waals surface area contributed by atoms with Crippen LogP contribution < -0.4 is 5.32 Å². The van der Waals surface area contributed by atoms with Crippen molar-refractivity contribution in [3.8, 4) is 0 Å². The molecule has 2 saturated carbocycles. The number of hydrogen-bond acceptors (Lipinski definition) is 10. The van der Waals surface area contributed by atoms with Crippen molar-refractivity contribution in [3.63, 3.8) is 0 Å². The molecular formula is C39H49NO10. The highest BCUT2D eigenvalue weighted by Crippen LogP contribution is 2.65. The number of ketones is 1. The highest BCUT2D eigenvalue weighted by Gasteiger charge is 2.75. The Labute approximate surface area is 292 Å². The molecule has 5 N–H and O–H groups in total. The SMILES string of the molecule is CC(=O)N[C@@H](c1ccccc1)[C@@H](O)CO[C@H]1C[C@@]2(O)[C@@H](OC(=O)c3ccccc3)C3C(C)(C(=O)[C@H](O)C(=C1C)C2(C)C)[C@@H](O)CC1OC[C@]13C. The van der Waals surface area contributed by atoms with Gasteiger partial charge in [-0.2, -0.15) is 0 Å². The van der Waals surface area contributed by atoms with E-state index < -0.39 is 82.2 Å². The summed E-state index contributed by atoms with van der Waals surface area (Å²) in [5, 5.41) is 51.2. The van der Waals surface area contributed by atoms with Gasteiger partial charge < -0.3 is 40.0 Å². The quantitative estimate of drug-likeness (QED) is 0.205. The third-order valence-corrected chi connectivity index (χ3v) is 12.4. The molecule has 4 aliphatic rings. The van der Waals surface area contributed by atoms with Crippen molar-refractivity contribution in [1.29, 1.82) is 0 Å². The number of Topliss-reactive ketones (excluding diaryl/α,β-unsaturated/α-hetero) is 1. The number of benzene rings is 2. The standard InChI is InChI=1S/C39H49NO10/c1-21-26(48-19-25(42)30(40-22(2)41)23-13-9-7-10-14-23)18-39(47)34(50-35(46)24-15-11-8-12-16-24)32-37(5)20-49-28(37)17-27(43)38(32,6)33(45)31(44)29(21)36(39,3)4/h7-16,25-28,30-32,34,42-44,47H,17-20H2,1-6H3,(H,40,41)/t25-,26-,27-,28?,30-,31+,32?,34-,37+,38?,39+/m0/s1. The highest BCUT2D eigenvalue weighted by atomic mass is 16.6. The van der Waals surface area contributed by atoms with Crippen LogP contribution in [-0.2, 0) is 23.8 Å². The van der Waals surface area contributed by atoms with Gasteiger partial charge in [-0.1, -0.05) is 69.3 Å². The van der Waals surface area contributed by atoms with Crippen molar-refractivity contribution in [2.45, 2.75) is 103 Å². The van der Waals surface area contributed by atoms with Crippen molar-refractivity contribution in [2.24, 2.45) is 22.2 Å². The molecule has 0 aromatic heterocycles. The van der Waals surface area contributed by atoms with Crippen LogP contribution in [0.3, 0.4) is 0 Å². The number of aliphatic hydroxyl groups excluding tert-OH is 3. The van der Waals surface area contributed by atoms with Gasteiger partial charge >= 0.3 is 5.97 Å². The predicted molar refractivity (Wildman–Crippen MR) is 182 cm³/mol. The lowest BCUT2D eigenvalue weighted by molar-refractivity contribution is -0.314. The first-order valence-corrected chi connectivity index (χ1v) is 17.3. The number of rotatable bonds is 8. The van der Waals surface area contributed by atoms with Gasteiger partial charge in [0.1, 0.15) is 23.9 Å². The van der Waals surface area contributed by atoms with Gasteiger partial charge in [0.25, 0.3) is 0 Å². The predicted octanol–water partition coefficient (Wildman–Crippen LogP) is 3.05. The number of carbonyl (C=O) groups excluding carboxylic acids is 3. The Morgan fingerprint density at radius 2 is 1.64 bits per heavy atom. The Morgan fingerprint density at radius 3 is 2.22 bits per heavy atom. The molecule has 0 radical (unpaired) electrons. The molecular weight excluding hydrogens is 642 g/mol. The summed E-state index contributed by atoms with van der Waals surface area (Å²) < 4.78 is 18.7. The maximum absolute atomic E-state index is 14.7. The molecule has 3 aliphatic carbocycles. The van der Waals surface area contributed by atoms with Crippen LogP contribution in [0.4, 0.5) is 0 Å². The number of amides is 1. The number of fused-ring (bicyclic) bond motifs is 5. The van der Waals surface area contributed by atoms with E-state index >= 15 is 0 Å². The van der Waals surface area contributed by atoms with E-state index in [0.717, 1.165) is 0 Å². The maximum atomic E-state index is 14.7. The van der Waals surface area contributed by atoms with Gasteiger partial charge in [0, 0.05) is 36.5 Å². The van der Waals surface area contributed by atoms with Crippen molar-refractivity contribution >= 4 is 17.7 Å². The first kappa shape index (κ1) is 36.3. The minimum Gasteiger partial charge on any atom is -0.455 e. The van der Waals surface area contributed by atoms with E-state index in [2.05, 4.69) is 5.32 Å². The molecule has 1 saturated heterocycles. The topological polar surface area (TPSA) is 172 Å². The molecule has 1 aliphatic heterocycles. The monoisotopic (exact) mass is 691 g/mol. The van der Waals surface area contributed by atoms with Gasteiger partial charge in [-0.3, -0.25) is 9.59 Å². The van der Waals surface area contributed by atoms with E-state index in [4.69, 9.17) is 14.2 Å². The Morgan fingerprint density at radius 1 is 1.02 bits per heavy atom. The van der Waals surface area contributed by atoms with Gasteiger partial charge in [0.15, 0.2) is 5.78 Å². The van der Waals surface area contributed by atoms with Crippen LogP contribution in [-0.4, -0.2) is 93.5 Å². The maximum Gasteiger partial charge on any atom is 0.338 e. The zero-order valence-corrected chi connectivity index (χ0v) is 29.5. The number of aliphatic hydroxyl groups is 4. The number of hydrogen-bond donors (Lipinski definition) is 5. The fourth-order valence-corrected chi connectivity index (χ4v) is 9.43. The van der Waals surface area contributed by atoms with Crippen molar-refractivity contribution in [1.82, 2.24) is 5.32 Å². The number of esters is 1. The molecule has 2 aromatic carbocycles. The second-order valence-corrected chi connectivity index (χ2v) is 15.6. The molecule has 3 unspecified atom stereocenters. The second-order valence-electron chi connectivity index (χ2n) is 15.6. The van der Waals surface area contributed by atoms with Crippen LogP contribution in [0.25, 0.3) is 0 Å². The molecule has 1 heterocycles. The minimum atomic E-state index is -1.95. The van der Waals surface area contributed by atoms with Gasteiger partial charge in [-0.05, 0) is 42.7 Å². The lowest BCUT2D eigenvalue weighted by Gasteiger charge is -2.68. The number of nitrogens with one attached hydrogen (secondary N) is 1. The summed E-state index contributed by atoms with van der Waals surface area (Å²) in [5.74, 6) is -2.66. The molecule has 6 rings (SSSR count). The molecule has 2 bridgehead atoms. The highest BCUT2D eigenvalue weighted by molar-refractivity contribution is 5.94. The van der Waals surface area contributed by atoms with E-state index in [0.29, 0.717) is 11.1 Å². The van der Waals surface area contributed by atoms with Crippen LogP contribution in [0.1, 0.15) is 76.3 Å². The lowest BCUT2D eigenvalue weighted by Crippen LogP contribution is -2.77. The third kappa shape index (κ3) is 5.54. The zero-order valence-electron chi connectivity index (χ0n) is 29.5. The molecule has 0 spiro atoms. The molecule has 1 amide bonds. The number of carbonyl (C=O) groups is 3. The summed E-state index contributed by atoms with van der Waals surface area (Å²) in [6.07, 6.45) is -6.97. The summed E-state index contributed by atoms with van der Waals surface area (Å²) in [7, 11) is 0. The number of ether oxygens (including phenoxy) is 3. The van der Waals surface area contributed by atoms with Crippen LogP contribution in [0, 0.1) is 22.2 Å². The molecule has 3 fully saturated rings. The second kappa shape index (κ2) is 13.0. The van der Waals surface area contributed by atoms with E-state index in [9.17, 15) is 34.8 Å². The third-order valence-electron chi connectivity index (χ3n) is 12.4. The fraction of sp³-hybridized carbons (Fsp3) is 0.564.